The van der Waals surface area contributed by atoms with Crippen LogP contribution in [-0.2, 0) is 21.2 Å². The third kappa shape index (κ3) is 4.81. The maximum Gasteiger partial charge on any atom is 0.234 e. The fourth-order valence-corrected chi connectivity index (χ4v) is 4.37. The minimum atomic E-state index is -2.96. The molecule has 0 spiro atoms. The van der Waals surface area contributed by atoms with Crippen molar-refractivity contribution in [3.8, 4) is 0 Å². The number of carbonyl (C=O) groups excluding carboxylic acids is 1. The van der Waals surface area contributed by atoms with E-state index in [1.54, 1.807) is 0 Å². The Morgan fingerprint density at radius 2 is 2.09 bits per heavy atom. The molecular weight excluding hydrogens is 300 g/mol. The Bertz CT molecular complexity index is 628. The standard InChI is InChI=1S/C16H24N2O3S/c1-3-18(10-14-7-5-4-6-13(14)2)11-16(19)17-15-8-9-22(20,21)12-15/h4-7,15H,3,8-12H2,1-2H3,(H,17,19)/t15-/m0/s1. The molecule has 0 saturated carbocycles. The number of aryl methyl sites for hydroxylation is 1. The van der Waals surface area contributed by atoms with Crippen molar-refractivity contribution in [1.82, 2.24) is 10.2 Å². The molecule has 1 atom stereocenters. The maximum atomic E-state index is 12.1. The summed E-state index contributed by atoms with van der Waals surface area (Å²) in [7, 11) is -2.96. The van der Waals surface area contributed by atoms with Gasteiger partial charge in [0.2, 0.25) is 5.91 Å². The van der Waals surface area contributed by atoms with E-state index in [2.05, 4.69) is 29.3 Å². The summed E-state index contributed by atoms with van der Waals surface area (Å²) < 4.78 is 22.8. The number of sulfone groups is 1. The van der Waals surface area contributed by atoms with Gasteiger partial charge in [0.1, 0.15) is 0 Å². The van der Waals surface area contributed by atoms with E-state index >= 15 is 0 Å². The van der Waals surface area contributed by atoms with Crippen molar-refractivity contribution in [2.24, 2.45) is 0 Å². The van der Waals surface area contributed by atoms with E-state index < -0.39 is 9.84 Å². The summed E-state index contributed by atoms with van der Waals surface area (Å²) in [6, 6.07) is 7.91. The summed E-state index contributed by atoms with van der Waals surface area (Å²) in [4.78, 5) is 14.2. The van der Waals surface area contributed by atoms with Gasteiger partial charge in [0, 0.05) is 12.6 Å². The normalized spacial score (nSPS) is 20.2. The Labute approximate surface area is 132 Å². The molecule has 6 heteroatoms. The van der Waals surface area contributed by atoms with Crippen molar-refractivity contribution in [1.29, 1.82) is 0 Å². The second-order valence-electron chi connectivity index (χ2n) is 5.90. The molecule has 1 amide bonds. The Kier molecular flexibility index (Phi) is 5.58. The lowest BCUT2D eigenvalue weighted by atomic mass is 10.1. The van der Waals surface area contributed by atoms with E-state index in [1.807, 2.05) is 19.1 Å². The van der Waals surface area contributed by atoms with Crippen LogP contribution in [0.1, 0.15) is 24.5 Å². The molecule has 5 nitrogen and oxygen atoms in total. The van der Waals surface area contributed by atoms with Gasteiger partial charge in [-0.15, -0.1) is 0 Å². The highest BCUT2D eigenvalue weighted by molar-refractivity contribution is 7.91. The van der Waals surface area contributed by atoms with E-state index in [-0.39, 0.29) is 23.5 Å². The highest BCUT2D eigenvalue weighted by Gasteiger charge is 2.29. The molecule has 2 rings (SSSR count). The summed E-state index contributed by atoms with van der Waals surface area (Å²) in [5.41, 5.74) is 2.42. The van der Waals surface area contributed by atoms with Crippen molar-refractivity contribution in [2.75, 3.05) is 24.6 Å². The number of likely N-dealkylation sites (N-methyl/N-ethyl adjacent to an activating group) is 1. The fourth-order valence-electron chi connectivity index (χ4n) is 2.69. The summed E-state index contributed by atoms with van der Waals surface area (Å²) in [6.07, 6.45) is 0.526. The topological polar surface area (TPSA) is 66.5 Å². The Morgan fingerprint density at radius 3 is 2.68 bits per heavy atom. The highest BCUT2D eigenvalue weighted by atomic mass is 32.2. The lowest BCUT2D eigenvalue weighted by molar-refractivity contribution is -0.122. The van der Waals surface area contributed by atoms with Crippen molar-refractivity contribution < 1.29 is 13.2 Å². The number of benzene rings is 1. The van der Waals surface area contributed by atoms with E-state index in [1.165, 1.54) is 11.1 Å². The van der Waals surface area contributed by atoms with Crippen molar-refractivity contribution >= 4 is 15.7 Å². The van der Waals surface area contributed by atoms with Gasteiger partial charge >= 0.3 is 0 Å². The second-order valence-corrected chi connectivity index (χ2v) is 8.13. The monoisotopic (exact) mass is 324 g/mol. The Morgan fingerprint density at radius 1 is 1.36 bits per heavy atom. The van der Waals surface area contributed by atoms with Crippen LogP contribution in [-0.4, -0.2) is 49.9 Å². The van der Waals surface area contributed by atoms with Gasteiger partial charge in [-0.3, -0.25) is 9.69 Å². The van der Waals surface area contributed by atoms with E-state index in [0.29, 0.717) is 13.0 Å². The van der Waals surface area contributed by atoms with E-state index in [9.17, 15) is 13.2 Å². The zero-order valence-corrected chi connectivity index (χ0v) is 14.0. The van der Waals surface area contributed by atoms with Gasteiger partial charge in [-0.05, 0) is 31.0 Å². The molecule has 1 N–H and O–H groups in total. The average Bonchev–Trinajstić information content (AvgIpc) is 2.79. The quantitative estimate of drug-likeness (QED) is 0.851. The molecule has 1 saturated heterocycles. The first kappa shape index (κ1) is 17.0. The molecule has 122 valence electrons. The van der Waals surface area contributed by atoms with Crippen LogP contribution in [0.5, 0.6) is 0 Å². The third-order valence-corrected chi connectivity index (χ3v) is 5.84. The van der Waals surface area contributed by atoms with E-state index in [4.69, 9.17) is 0 Å². The van der Waals surface area contributed by atoms with Gasteiger partial charge in [-0.1, -0.05) is 31.2 Å². The molecule has 1 aliphatic heterocycles. The van der Waals surface area contributed by atoms with Crippen molar-refractivity contribution in [3.63, 3.8) is 0 Å². The maximum absolute atomic E-state index is 12.1. The van der Waals surface area contributed by atoms with Gasteiger partial charge in [-0.2, -0.15) is 0 Å². The van der Waals surface area contributed by atoms with Crippen LogP contribution >= 0.6 is 0 Å². The largest absolute Gasteiger partial charge is 0.351 e. The van der Waals surface area contributed by atoms with Gasteiger partial charge in [0.15, 0.2) is 9.84 Å². The predicted octanol–water partition coefficient (Wildman–Crippen LogP) is 1.12. The molecule has 0 radical (unpaired) electrons. The van der Waals surface area contributed by atoms with Gasteiger partial charge < -0.3 is 5.32 Å². The van der Waals surface area contributed by atoms with Gasteiger partial charge in [0.25, 0.3) is 0 Å². The summed E-state index contributed by atoms with van der Waals surface area (Å²) in [6.45, 7) is 5.86. The van der Waals surface area contributed by atoms with Crippen LogP contribution in [0.15, 0.2) is 24.3 Å². The number of rotatable bonds is 6. The molecule has 1 fully saturated rings. The highest BCUT2D eigenvalue weighted by Crippen LogP contribution is 2.12. The molecule has 0 unspecified atom stereocenters. The number of hydrogen-bond donors (Lipinski definition) is 1. The van der Waals surface area contributed by atoms with Crippen molar-refractivity contribution in [3.05, 3.63) is 35.4 Å². The van der Waals surface area contributed by atoms with Crippen LogP contribution in [0.3, 0.4) is 0 Å². The van der Waals surface area contributed by atoms with Crippen LogP contribution < -0.4 is 5.32 Å². The van der Waals surface area contributed by atoms with Gasteiger partial charge in [0.05, 0.1) is 18.1 Å². The molecule has 1 heterocycles. The summed E-state index contributed by atoms with van der Waals surface area (Å²) in [5, 5.41) is 2.84. The van der Waals surface area contributed by atoms with Crippen LogP contribution in [0.4, 0.5) is 0 Å². The zero-order chi connectivity index (χ0) is 16.2. The van der Waals surface area contributed by atoms with Crippen LogP contribution in [0.2, 0.25) is 0 Å². The molecule has 22 heavy (non-hydrogen) atoms. The molecule has 1 aromatic rings. The van der Waals surface area contributed by atoms with Crippen molar-refractivity contribution in [2.45, 2.75) is 32.9 Å². The number of hydrogen-bond acceptors (Lipinski definition) is 4. The zero-order valence-electron chi connectivity index (χ0n) is 13.2. The lowest BCUT2D eigenvalue weighted by Crippen LogP contribution is -2.42. The minimum absolute atomic E-state index is 0.0721. The minimum Gasteiger partial charge on any atom is -0.351 e. The first-order valence-electron chi connectivity index (χ1n) is 7.66. The number of amides is 1. The number of nitrogens with zero attached hydrogens (tertiary/aromatic N) is 1. The molecule has 1 aromatic carbocycles. The number of nitrogens with one attached hydrogen (secondary N) is 1. The lowest BCUT2D eigenvalue weighted by Gasteiger charge is -2.22. The molecular formula is C16H24N2O3S. The first-order valence-corrected chi connectivity index (χ1v) is 9.48. The Balaban J connectivity index is 1.87. The molecule has 0 aromatic heterocycles. The molecule has 0 bridgehead atoms. The molecule has 0 aliphatic carbocycles. The van der Waals surface area contributed by atoms with Crippen LogP contribution in [0.25, 0.3) is 0 Å². The Hall–Kier alpha value is -1.40. The SMILES string of the molecule is CCN(CC(=O)N[C@H]1CCS(=O)(=O)C1)Cc1ccccc1C. The smallest absolute Gasteiger partial charge is 0.234 e. The summed E-state index contributed by atoms with van der Waals surface area (Å²) in [5.74, 6) is 0.152. The molecule has 1 aliphatic rings. The summed E-state index contributed by atoms with van der Waals surface area (Å²) >= 11 is 0. The van der Waals surface area contributed by atoms with E-state index in [0.717, 1.165) is 13.1 Å². The van der Waals surface area contributed by atoms with Crippen LogP contribution in [0, 0.1) is 6.92 Å². The predicted molar refractivity (Wildman–Crippen MR) is 87.3 cm³/mol. The average molecular weight is 324 g/mol. The van der Waals surface area contributed by atoms with Gasteiger partial charge in [-0.25, -0.2) is 8.42 Å². The fraction of sp³-hybridized carbons (Fsp3) is 0.562. The third-order valence-electron chi connectivity index (χ3n) is 4.07. The first-order chi connectivity index (χ1) is 10.4. The second kappa shape index (κ2) is 7.24. The number of carbonyl (C=O) groups is 1.